The van der Waals surface area contributed by atoms with Gasteiger partial charge in [0.15, 0.2) is 11.5 Å². The monoisotopic (exact) mass is 482 g/mol. The van der Waals surface area contributed by atoms with Crippen molar-refractivity contribution >= 4 is 23.5 Å². The van der Waals surface area contributed by atoms with E-state index in [-0.39, 0.29) is 18.6 Å². The Morgan fingerprint density at radius 1 is 1.11 bits per heavy atom. The Labute approximate surface area is 202 Å². The lowest BCUT2D eigenvalue weighted by atomic mass is 9.77. The van der Waals surface area contributed by atoms with E-state index in [9.17, 15) is 18.8 Å². The molecule has 0 spiro atoms. The molecule has 3 heterocycles. The molecule has 2 amide bonds. The summed E-state index contributed by atoms with van der Waals surface area (Å²) in [5.41, 5.74) is -0.910. The minimum atomic E-state index is -1.46. The minimum Gasteiger partial charge on any atom is -0.486 e. The molecule has 0 aliphatic carbocycles. The molecule has 9 heteroatoms. The standard InChI is InChI=1S/C26H27FN2O6/c1-3-11-26(25(32)33-4-2)21-20(22(28-26)16-7-5-6-8-17(16)27)23(30)29(24(21)31)15-9-10-18-19(14-15)35-13-12-34-18/h5-10,14,20-22,28H,3-4,11-13H2,1-2H3/t20-,21+,22+,26-/m0/s1. The number of nitrogens with zero attached hydrogens (tertiary/aromatic N) is 1. The average molecular weight is 483 g/mol. The molecule has 4 atom stereocenters. The number of carbonyl (C=O) groups excluding carboxylic acids is 3. The summed E-state index contributed by atoms with van der Waals surface area (Å²) in [5, 5.41) is 3.20. The van der Waals surface area contributed by atoms with E-state index in [0.717, 1.165) is 4.90 Å². The maximum Gasteiger partial charge on any atom is 0.327 e. The molecule has 8 nitrogen and oxygen atoms in total. The Balaban J connectivity index is 1.63. The molecule has 5 rings (SSSR count). The minimum absolute atomic E-state index is 0.113. The lowest BCUT2D eigenvalue weighted by Gasteiger charge is -2.32. The van der Waals surface area contributed by atoms with E-state index in [1.54, 1.807) is 43.3 Å². The maximum atomic E-state index is 14.9. The summed E-state index contributed by atoms with van der Waals surface area (Å²) in [6.45, 7) is 4.44. The highest BCUT2D eigenvalue weighted by molar-refractivity contribution is 6.24. The number of esters is 1. The predicted molar refractivity (Wildman–Crippen MR) is 123 cm³/mol. The van der Waals surface area contributed by atoms with Gasteiger partial charge in [-0.3, -0.25) is 19.7 Å². The summed E-state index contributed by atoms with van der Waals surface area (Å²) in [7, 11) is 0. The molecule has 2 aromatic rings. The quantitative estimate of drug-likeness (QED) is 0.499. The molecule has 2 fully saturated rings. The highest BCUT2D eigenvalue weighted by Gasteiger charge is 2.68. The van der Waals surface area contributed by atoms with Crippen LogP contribution >= 0.6 is 0 Å². The number of benzene rings is 2. The van der Waals surface area contributed by atoms with E-state index in [2.05, 4.69) is 5.32 Å². The van der Waals surface area contributed by atoms with Gasteiger partial charge in [0.05, 0.1) is 24.1 Å². The largest absolute Gasteiger partial charge is 0.486 e. The molecular weight excluding hydrogens is 455 g/mol. The molecule has 184 valence electrons. The van der Waals surface area contributed by atoms with Crippen LogP contribution in [0.4, 0.5) is 10.1 Å². The normalized spacial score (nSPS) is 27.2. The summed E-state index contributed by atoms with van der Waals surface area (Å²) >= 11 is 0. The number of anilines is 1. The van der Waals surface area contributed by atoms with Crippen LogP contribution in [0.15, 0.2) is 42.5 Å². The molecule has 3 aliphatic rings. The van der Waals surface area contributed by atoms with Gasteiger partial charge in [0, 0.05) is 17.7 Å². The van der Waals surface area contributed by atoms with Gasteiger partial charge in [-0.25, -0.2) is 9.29 Å². The second kappa shape index (κ2) is 8.96. The van der Waals surface area contributed by atoms with Gasteiger partial charge in [-0.2, -0.15) is 0 Å². The fraction of sp³-hybridized carbons (Fsp3) is 0.423. The molecular formula is C26H27FN2O6. The SMILES string of the molecule is CCC[C@]1(C(=O)OCC)N[C@H](c2ccccc2F)[C@H]2C(=O)N(c3ccc4c(c3)OCCO4)C(=O)[C@@H]21. The van der Waals surface area contributed by atoms with E-state index in [1.807, 2.05) is 6.92 Å². The van der Waals surface area contributed by atoms with E-state index < -0.39 is 47.0 Å². The van der Waals surface area contributed by atoms with Gasteiger partial charge in [0.2, 0.25) is 11.8 Å². The molecule has 35 heavy (non-hydrogen) atoms. The predicted octanol–water partition coefficient (Wildman–Crippen LogP) is 3.15. The first kappa shape index (κ1) is 23.3. The third kappa shape index (κ3) is 3.56. The zero-order valence-corrected chi connectivity index (χ0v) is 19.6. The van der Waals surface area contributed by atoms with Crippen LogP contribution in [0.25, 0.3) is 0 Å². The Bertz CT molecular complexity index is 1190. The van der Waals surface area contributed by atoms with Gasteiger partial charge in [0.25, 0.3) is 0 Å². The fourth-order valence-electron chi connectivity index (χ4n) is 5.60. The van der Waals surface area contributed by atoms with Gasteiger partial charge in [-0.05, 0) is 31.5 Å². The molecule has 0 saturated carbocycles. The van der Waals surface area contributed by atoms with Gasteiger partial charge in [-0.15, -0.1) is 0 Å². The van der Waals surface area contributed by atoms with Crippen molar-refractivity contribution in [1.82, 2.24) is 5.32 Å². The van der Waals surface area contributed by atoms with E-state index in [4.69, 9.17) is 14.2 Å². The van der Waals surface area contributed by atoms with Crippen LogP contribution in [0.1, 0.15) is 38.3 Å². The van der Waals surface area contributed by atoms with Crippen LogP contribution in [0.3, 0.4) is 0 Å². The highest BCUT2D eigenvalue weighted by atomic mass is 19.1. The van der Waals surface area contributed by atoms with Crippen molar-refractivity contribution in [2.24, 2.45) is 11.8 Å². The Morgan fingerprint density at radius 3 is 2.57 bits per heavy atom. The summed E-state index contributed by atoms with van der Waals surface area (Å²) in [6.07, 6.45) is 0.802. The van der Waals surface area contributed by atoms with Crippen molar-refractivity contribution in [3.63, 3.8) is 0 Å². The first-order valence-corrected chi connectivity index (χ1v) is 11.9. The van der Waals surface area contributed by atoms with Gasteiger partial charge >= 0.3 is 5.97 Å². The number of hydrogen-bond acceptors (Lipinski definition) is 7. The number of halogens is 1. The van der Waals surface area contributed by atoms with Crippen LogP contribution in [0.2, 0.25) is 0 Å². The molecule has 2 aromatic carbocycles. The van der Waals surface area contributed by atoms with E-state index in [0.29, 0.717) is 36.8 Å². The van der Waals surface area contributed by atoms with Crippen molar-refractivity contribution in [3.05, 3.63) is 53.8 Å². The van der Waals surface area contributed by atoms with Crippen LogP contribution in [-0.2, 0) is 19.1 Å². The van der Waals surface area contributed by atoms with Gasteiger partial charge in [0.1, 0.15) is 24.6 Å². The topological polar surface area (TPSA) is 94.2 Å². The van der Waals surface area contributed by atoms with Gasteiger partial charge < -0.3 is 14.2 Å². The van der Waals surface area contributed by atoms with Crippen molar-refractivity contribution in [2.75, 3.05) is 24.7 Å². The van der Waals surface area contributed by atoms with Gasteiger partial charge in [-0.1, -0.05) is 31.5 Å². The smallest absolute Gasteiger partial charge is 0.327 e. The number of carbonyl (C=O) groups is 3. The third-order valence-corrected chi connectivity index (χ3v) is 6.96. The number of amides is 2. The third-order valence-electron chi connectivity index (χ3n) is 6.96. The number of ether oxygens (including phenoxy) is 3. The first-order valence-electron chi connectivity index (χ1n) is 11.9. The molecule has 1 N–H and O–H groups in total. The Morgan fingerprint density at radius 2 is 1.86 bits per heavy atom. The zero-order chi connectivity index (χ0) is 24.7. The van der Waals surface area contributed by atoms with Crippen molar-refractivity contribution in [2.45, 2.75) is 38.3 Å². The van der Waals surface area contributed by atoms with Crippen LogP contribution in [0.5, 0.6) is 11.5 Å². The fourth-order valence-corrected chi connectivity index (χ4v) is 5.60. The lowest BCUT2D eigenvalue weighted by Crippen LogP contribution is -2.56. The van der Waals surface area contributed by atoms with E-state index in [1.165, 1.54) is 6.07 Å². The second-order valence-corrected chi connectivity index (χ2v) is 8.93. The van der Waals surface area contributed by atoms with Crippen molar-refractivity contribution < 1.29 is 33.0 Å². The van der Waals surface area contributed by atoms with Crippen LogP contribution in [-0.4, -0.2) is 43.1 Å². The lowest BCUT2D eigenvalue weighted by molar-refractivity contribution is -0.155. The molecule has 0 radical (unpaired) electrons. The first-order chi connectivity index (χ1) is 16.9. The van der Waals surface area contributed by atoms with E-state index >= 15 is 0 Å². The van der Waals surface area contributed by atoms with Crippen LogP contribution < -0.4 is 19.7 Å². The molecule has 3 aliphatic heterocycles. The summed E-state index contributed by atoms with van der Waals surface area (Å²) in [4.78, 5) is 42.2. The highest BCUT2D eigenvalue weighted by Crippen LogP contribution is 2.52. The summed E-state index contributed by atoms with van der Waals surface area (Å²) < 4.78 is 31.5. The number of fused-ring (bicyclic) bond motifs is 2. The Hall–Kier alpha value is -3.46. The summed E-state index contributed by atoms with van der Waals surface area (Å²) in [6, 6.07) is 10.1. The summed E-state index contributed by atoms with van der Waals surface area (Å²) in [5.74, 6) is -3.23. The molecule has 0 aromatic heterocycles. The molecule has 0 bridgehead atoms. The van der Waals surface area contributed by atoms with Crippen LogP contribution in [0, 0.1) is 17.7 Å². The van der Waals surface area contributed by atoms with Crippen molar-refractivity contribution in [3.8, 4) is 11.5 Å². The Kier molecular flexibility index (Phi) is 5.96. The average Bonchev–Trinajstić information content (AvgIpc) is 3.33. The number of rotatable bonds is 6. The second-order valence-electron chi connectivity index (χ2n) is 8.93. The zero-order valence-electron chi connectivity index (χ0n) is 19.6. The molecule has 0 unspecified atom stereocenters. The molecule has 2 saturated heterocycles. The maximum absolute atomic E-state index is 14.9. The number of imide groups is 1. The number of hydrogen-bond donors (Lipinski definition) is 1. The number of nitrogens with one attached hydrogen (secondary N) is 1. The van der Waals surface area contributed by atoms with Crippen molar-refractivity contribution in [1.29, 1.82) is 0 Å².